The first-order valence-corrected chi connectivity index (χ1v) is 11.7. The van der Waals surface area contributed by atoms with Crippen molar-refractivity contribution in [3.63, 3.8) is 0 Å². The topological polar surface area (TPSA) is 57.7 Å². The number of hydrogen-bond donors (Lipinski definition) is 0. The van der Waals surface area contributed by atoms with Crippen LogP contribution in [0.3, 0.4) is 0 Å². The number of carbonyl (C=O) groups is 1. The van der Waals surface area contributed by atoms with E-state index in [9.17, 15) is 13.2 Å². The predicted molar refractivity (Wildman–Crippen MR) is 106 cm³/mol. The molecule has 0 N–H and O–H groups in total. The van der Waals surface area contributed by atoms with E-state index in [0.717, 1.165) is 19.4 Å². The molecule has 1 saturated carbocycles. The van der Waals surface area contributed by atoms with Crippen LogP contribution < -0.4 is 0 Å². The molecule has 1 amide bonds. The summed E-state index contributed by atoms with van der Waals surface area (Å²) >= 11 is 3.45. The molecule has 1 unspecified atom stereocenters. The highest BCUT2D eigenvalue weighted by Crippen LogP contribution is 2.38. The highest BCUT2D eigenvalue weighted by atomic mass is 79.9. The maximum absolute atomic E-state index is 13.2. The minimum Gasteiger partial charge on any atom is -0.335 e. The SMILES string of the molecule is CCN(CC)S(=O)(=O)c1ccc(Br)c(C(=O)N2CCCC2C2CCC2)c1. The Morgan fingerprint density at radius 1 is 1.19 bits per heavy atom. The van der Waals surface area contributed by atoms with Crippen molar-refractivity contribution in [3.8, 4) is 0 Å². The summed E-state index contributed by atoms with van der Waals surface area (Å²) in [5, 5.41) is 0. The maximum Gasteiger partial charge on any atom is 0.255 e. The molecule has 5 nitrogen and oxygen atoms in total. The zero-order valence-corrected chi connectivity index (χ0v) is 17.9. The summed E-state index contributed by atoms with van der Waals surface area (Å²) in [6, 6.07) is 5.10. The van der Waals surface area contributed by atoms with E-state index >= 15 is 0 Å². The van der Waals surface area contributed by atoms with Gasteiger partial charge < -0.3 is 4.90 Å². The summed E-state index contributed by atoms with van der Waals surface area (Å²) in [5.41, 5.74) is 0.449. The number of likely N-dealkylation sites (tertiary alicyclic amines) is 1. The second-order valence-corrected chi connectivity index (χ2v) is 9.92. The average Bonchev–Trinajstić information content (AvgIpc) is 3.02. The third-order valence-corrected chi connectivity index (χ3v) is 8.50. The average molecular weight is 443 g/mol. The standard InChI is InChI=1S/C19H27BrN2O3S/c1-3-21(4-2)26(24,25)15-10-11-17(20)16(13-15)19(23)22-12-6-9-18(22)14-7-5-8-14/h10-11,13-14,18H,3-9,12H2,1-2H3. The van der Waals surface area contributed by atoms with Crippen LogP contribution >= 0.6 is 15.9 Å². The second kappa shape index (κ2) is 7.98. The normalized spacial score (nSPS) is 21.2. The first kappa shape index (κ1) is 19.8. The van der Waals surface area contributed by atoms with Gasteiger partial charge in [0.05, 0.1) is 10.5 Å². The number of nitrogens with zero attached hydrogens (tertiary/aromatic N) is 2. The summed E-state index contributed by atoms with van der Waals surface area (Å²) in [6.45, 7) is 5.22. The molecule has 0 spiro atoms. The highest BCUT2D eigenvalue weighted by Gasteiger charge is 2.38. The van der Waals surface area contributed by atoms with Gasteiger partial charge in [0, 0.05) is 30.1 Å². The van der Waals surface area contributed by atoms with Crippen LogP contribution in [0.5, 0.6) is 0 Å². The molecule has 1 aromatic rings. The van der Waals surface area contributed by atoms with E-state index in [4.69, 9.17) is 0 Å². The molecule has 0 bridgehead atoms. The molecule has 3 rings (SSSR count). The van der Waals surface area contributed by atoms with E-state index in [2.05, 4.69) is 15.9 Å². The Kier molecular flexibility index (Phi) is 6.09. The smallest absolute Gasteiger partial charge is 0.255 e. The van der Waals surface area contributed by atoms with Crippen molar-refractivity contribution in [2.75, 3.05) is 19.6 Å². The van der Waals surface area contributed by atoms with Gasteiger partial charge in [-0.15, -0.1) is 0 Å². The quantitative estimate of drug-likeness (QED) is 0.671. The fraction of sp³-hybridized carbons (Fsp3) is 0.632. The fourth-order valence-electron chi connectivity index (χ4n) is 4.06. The van der Waals surface area contributed by atoms with Gasteiger partial charge in [0.1, 0.15) is 0 Å². The van der Waals surface area contributed by atoms with E-state index in [-0.39, 0.29) is 10.8 Å². The number of sulfonamides is 1. The van der Waals surface area contributed by atoms with Crippen molar-refractivity contribution in [2.24, 2.45) is 5.92 Å². The Labute approximate surface area is 164 Å². The van der Waals surface area contributed by atoms with Gasteiger partial charge in [-0.05, 0) is 65.7 Å². The first-order valence-electron chi connectivity index (χ1n) is 9.50. The van der Waals surface area contributed by atoms with Crippen LogP contribution in [0.4, 0.5) is 0 Å². The van der Waals surface area contributed by atoms with E-state index in [1.807, 2.05) is 18.7 Å². The van der Waals surface area contributed by atoms with Crippen molar-refractivity contribution in [1.29, 1.82) is 0 Å². The van der Waals surface area contributed by atoms with E-state index in [1.54, 1.807) is 12.1 Å². The largest absolute Gasteiger partial charge is 0.335 e. The Morgan fingerprint density at radius 3 is 2.46 bits per heavy atom. The van der Waals surface area contributed by atoms with Gasteiger partial charge in [0.25, 0.3) is 5.91 Å². The summed E-state index contributed by atoms with van der Waals surface area (Å²) in [7, 11) is -3.58. The van der Waals surface area contributed by atoms with Crippen molar-refractivity contribution in [3.05, 3.63) is 28.2 Å². The number of rotatable bonds is 6. The second-order valence-electron chi connectivity index (χ2n) is 7.13. The molecule has 144 valence electrons. The van der Waals surface area contributed by atoms with Crippen molar-refractivity contribution < 1.29 is 13.2 Å². The summed E-state index contributed by atoms with van der Waals surface area (Å²) in [4.78, 5) is 15.4. The lowest BCUT2D eigenvalue weighted by molar-refractivity contribution is 0.0625. The Balaban J connectivity index is 1.91. The molecule has 1 aliphatic heterocycles. The monoisotopic (exact) mass is 442 g/mol. The van der Waals surface area contributed by atoms with Crippen molar-refractivity contribution in [2.45, 2.75) is 56.9 Å². The Bertz CT molecular complexity index is 773. The maximum atomic E-state index is 13.2. The van der Waals surface area contributed by atoms with Crippen molar-refractivity contribution >= 4 is 31.9 Å². The molecule has 1 atom stereocenters. The summed E-state index contributed by atoms with van der Waals surface area (Å²) in [6.07, 6.45) is 5.75. The van der Waals surface area contributed by atoms with Crippen LogP contribution in [0, 0.1) is 5.92 Å². The Morgan fingerprint density at radius 2 is 1.88 bits per heavy atom. The number of hydrogen-bond acceptors (Lipinski definition) is 3. The predicted octanol–water partition coefficient (Wildman–Crippen LogP) is 3.88. The number of halogens is 1. The summed E-state index contributed by atoms with van der Waals surface area (Å²) in [5.74, 6) is 0.561. The molecule has 2 fully saturated rings. The van der Waals surface area contributed by atoms with Gasteiger partial charge >= 0.3 is 0 Å². The third-order valence-electron chi connectivity index (χ3n) is 5.77. The van der Waals surface area contributed by atoms with Gasteiger partial charge in [-0.1, -0.05) is 20.3 Å². The van der Waals surface area contributed by atoms with Gasteiger partial charge in [0.2, 0.25) is 10.0 Å². The van der Waals surface area contributed by atoms with Gasteiger partial charge in [0.15, 0.2) is 0 Å². The van der Waals surface area contributed by atoms with Gasteiger partial charge in [-0.3, -0.25) is 4.79 Å². The Hall–Kier alpha value is -0.920. The van der Waals surface area contributed by atoms with E-state index in [0.29, 0.717) is 35.1 Å². The minimum atomic E-state index is -3.58. The van der Waals surface area contributed by atoms with E-state index < -0.39 is 10.0 Å². The van der Waals surface area contributed by atoms with Crippen molar-refractivity contribution in [1.82, 2.24) is 9.21 Å². The molecule has 1 aromatic carbocycles. The number of amides is 1. The molecule has 2 aliphatic rings. The lowest BCUT2D eigenvalue weighted by Crippen LogP contribution is -2.42. The molecule has 7 heteroatoms. The number of carbonyl (C=O) groups excluding carboxylic acids is 1. The molecular formula is C19H27BrN2O3S. The van der Waals surface area contributed by atoms with Crippen LogP contribution in [-0.4, -0.2) is 49.2 Å². The van der Waals surface area contributed by atoms with E-state index in [1.165, 1.54) is 29.6 Å². The van der Waals surface area contributed by atoms with Gasteiger partial charge in [-0.2, -0.15) is 4.31 Å². The van der Waals surface area contributed by atoms with Crippen LogP contribution in [0.2, 0.25) is 0 Å². The minimum absolute atomic E-state index is 0.0529. The molecule has 1 aliphatic carbocycles. The lowest BCUT2D eigenvalue weighted by Gasteiger charge is -2.37. The van der Waals surface area contributed by atoms with Crippen LogP contribution in [0.1, 0.15) is 56.3 Å². The van der Waals surface area contributed by atoms with Crippen LogP contribution in [-0.2, 0) is 10.0 Å². The molecular weight excluding hydrogens is 416 g/mol. The zero-order valence-electron chi connectivity index (χ0n) is 15.4. The highest BCUT2D eigenvalue weighted by molar-refractivity contribution is 9.10. The molecule has 0 radical (unpaired) electrons. The summed E-state index contributed by atoms with van der Waals surface area (Å²) < 4.78 is 27.7. The lowest BCUT2D eigenvalue weighted by atomic mass is 9.78. The molecule has 26 heavy (non-hydrogen) atoms. The zero-order chi connectivity index (χ0) is 18.9. The van der Waals surface area contributed by atoms with Crippen LogP contribution in [0.25, 0.3) is 0 Å². The first-order chi connectivity index (χ1) is 12.4. The van der Waals surface area contributed by atoms with Gasteiger partial charge in [-0.25, -0.2) is 8.42 Å². The number of benzene rings is 1. The third kappa shape index (κ3) is 3.58. The fourth-order valence-corrected chi connectivity index (χ4v) is 5.96. The molecule has 1 saturated heterocycles. The molecule has 1 heterocycles. The molecule has 0 aromatic heterocycles. The van der Waals surface area contributed by atoms with Crippen LogP contribution in [0.15, 0.2) is 27.6 Å².